The quantitative estimate of drug-likeness (QED) is 0.410. The highest BCUT2D eigenvalue weighted by atomic mass is 35.5. The van der Waals surface area contributed by atoms with Gasteiger partial charge in [-0.1, -0.05) is 61.6 Å². The molecular formula is C23H27ClN2O. The lowest BCUT2D eigenvalue weighted by Crippen LogP contribution is -2.29. The Kier molecular flexibility index (Phi) is 8.18. The Morgan fingerprint density at radius 1 is 1.37 bits per heavy atom. The van der Waals surface area contributed by atoms with Crippen LogP contribution in [0.2, 0.25) is 5.02 Å². The Morgan fingerprint density at radius 2 is 2.19 bits per heavy atom. The molecule has 0 spiro atoms. The Bertz CT molecular complexity index is 819. The van der Waals surface area contributed by atoms with Gasteiger partial charge in [0.2, 0.25) is 0 Å². The van der Waals surface area contributed by atoms with Crippen LogP contribution in [-0.4, -0.2) is 18.0 Å². The molecule has 1 aromatic heterocycles. The van der Waals surface area contributed by atoms with Crippen LogP contribution >= 0.6 is 11.6 Å². The number of hydrogen-bond donors (Lipinski definition) is 1. The number of anilines is 1. The molecule has 1 heterocycles. The molecular weight excluding hydrogens is 356 g/mol. The summed E-state index contributed by atoms with van der Waals surface area (Å²) in [7, 11) is 0. The SMILES string of the molecule is C=C/C=C\C(=C/C)CN(CC)C(/C=C/c1cc(Cl)ccc1N)c1ccoc1. The van der Waals surface area contributed by atoms with E-state index in [1.165, 1.54) is 5.57 Å². The first-order valence-electron chi connectivity index (χ1n) is 9.02. The van der Waals surface area contributed by atoms with E-state index >= 15 is 0 Å². The summed E-state index contributed by atoms with van der Waals surface area (Å²) in [6.07, 6.45) is 15.6. The molecule has 0 bridgehead atoms. The van der Waals surface area contributed by atoms with Crippen LogP contribution in [0.25, 0.3) is 6.08 Å². The van der Waals surface area contributed by atoms with Crippen molar-refractivity contribution in [2.75, 3.05) is 18.8 Å². The van der Waals surface area contributed by atoms with Crippen LogP contribution < -0.4 is 5.73 Å². The van der Waals surface area contributed by atoms with Crippen LogP contribution in [0.1, 0.15) is 31.0 Å². The molecule has 3 nitrogen and oxygen atoms in total. The molecule has 0 radical (unpaired) electrons. The number of nitrogens with zero attached hydrogens (tertiary/aromatic N) is 1. The minimum Gasteiger partial charge on any atom is -0.472 e. The van der Waals surface area contributed by atoms with Crippen molar-refractivity contribution in [2.45, 2.75) is 19.9 Å². The van der Waals surface area contributed by atoms with Crippen LogP contribution in [-0.2, 0) is 0 Å². The van der Waals surface area contributed by atoms with E-state index in [-0.39, 0.29) is 6.04 Å². The number of nitrogens with two attached hydrogens (primary N) is 1. The molecule has 1 aromatic carbocycles. The van der Waals surface area contributed by atoms with Gasteiger partial charge in [-0.25, -0.2) is 0 Å². The predicted molar refractivity (Wildman–Crippen MR) is 117 cm³/mol. The summed E-state index contributed by atoms with van der Waals surface area (Å²) in [4.78, 5) is 2.37. The molecule has 0 saturated heterocycles. The molecule has 0 amide bonds. The number of rotatable bonds is 9. The number of benzene rings is 1. The van der Waals surface area contributed by atoms with Gasteiger partial charge in [0.1, 0.15) is 0 Å². The highest BCUT2D eigenvalue weighted by molar-refractivity contribution is 6.30. The van der Waals surface area contributed by atoms with Gasteiger partial charge in [0.05, 0.1) is 18.6 Å². The average molecular weight is 383 g/mol. The summed E-state index contributed by atoms with van der Waals surface area (Å²) in [5.41, 5.74) is 10.0. The van der Waals surface area contributed by atoms with Crippen molar-refractivity contribution >= 4 is 23.4 Å². The van der Waals surface area contributed by atoms with Crippen LogP contribution in [0.3, 0.4) is 0 Å². The summed E-state index contributed by atoms with van der Waals surface area (Å²) in [6, 6.07) is 7.54. The van der Waals surface area contributed by atoms with E-state index in [9.17, 15) is 0 Å². The van der Waals surface area contributed by atoms with Gasteiger partial charge in [0, 0.05) is 22.8 Å². The molecule has 142 valence electrons. The maximum atomic E-state index is 6.12. The molecule has 0 aliphatic heterocycles. The number of likely N-dealkylation sites (N-methyl/N-ethyl adjacent to an activating group) is 1. The molecule has 4 heteroatoms. The summed E-state index contributed by atoms with van der Waals surface area (Å²) in [5.74, 6) is 0. The van der Waals surface area contributed by atoms with Crippen molar-refractivity contribution in [3.05, 3.63) is 95.5 Å². The lowest BCUT2D eigenvalue weighted by atomic mass is 10.0. The first-order chi connectivity index (χ1) is 13.1. The van der Waals surface area contributed by atoms with Crippen LogP contribution in [0, 0.1) is 0 Å². The van der Waals surface area contributed by atoms with Gasteiger partial charge in [0.25, 0.3) is 0 Å². The highest BCUT2D eigenvalue weighted by Crippen LogP contribution is 2.27. The third kappa shape index (κ3) is 6.02. The van der Waals surface area contributed by atoms with Crippen molar-refractivity contribution in [3.8, 4) is 0 Å². The monoisotopic (exact) mass is 382 g/mol. The Labute approximate surface area is 167 Å². The molecule has 2 aromatic rings. The Morgan fingerprint density at radius 3 is 2.81 bits per heavy atom. The van der Waals surface area contributed by atoms with E-state index < -0.39 is 0 Å². The smallest absolute Gasteiger partial charge is 0.0953 e. The standard InChI is InChI=1S/C23H27ClN2O/c1-4-7-8-18(5-2)16-26(6-3)23(20-13-14-27-17-20)12-9-19-15-21(24)10-11-22(19)25/h4-5,7-15,17,23H,1,6,16,25H2,2-3H3/b8-7-,12-9+,18-5+. The Hall–Kier alpha value is -2.49. The van der Waals surface area contributed by atoms with E-state index in [1.54, 1.807) is 24.7 Å². The van der Waals surface area contributed by atoms with Gasteiger partial charge in [-0.2, -0.15) is 0 Å². The second-order valence-corrected chi connectivity index (χ2v) is 6.59. The molecule has 0 aliphatic carbocycles. The number of nitrogen functional groups attached to an aromatic ring is 1. The molecule has 0 aliphatic rings. The van der Waals surface area contributed by atoms with Gasteiger partial charge >= 0.3 is 0 Å². The summed E-state index contributed by atoms with van der Waals surface area (Å²) in [6.45, 7) is 9.63. The molecule has 27 heavy (non-hydrogen) atoms. The number of hydrogen-bond acceptors (Lipinski definition) is 3. The number of furan rings is 1. The summed E-state index contributed by atoms with van der Waals surface area (Å²) >= 11 is 6.12. The van der Waals surface area contributed by atoms with Gasteiger partial charge in [-0.3, -0.25) is 4.90 Å². The maximum Gasteiger partial charge on any atom is 0.0953 e. The first-order valence-corrected chi connectivity index (χ1v) is 9.40. The number of halogens is 1. The van der Waals surface area contributed by atoms with Gasteiger partial charge in [0.15, 0.2) is 0 Å². The molecule has 2 N–H and O–H groups in total. The fourth-order valence-corrected chi connectivity index (χ4v) is 3.03. The van der Waals surface area contributed by atoms with Gasteiger partial charge < -0.3 is 10.2 Å². The second-order valence-electron chi connectivity index (χ2n) is 6.16. The normalized spacial score (nSPS) is 13.7. The van der Waals surface area contributed by atoms with Gasteiger partial charge in [-0.05, 0) is 48.9 Å². The lowest BCUT2D eigenvalue weighted by molar-refractivity contribution is 0.266. The van der Waals surface area contributed by atoms with Crippen molar-refractivity contribution in [1.82, 2.24) is 4.90 Å². The highest BCUT2D eigenvalue weighted by Gasteiger charge is 2.18. The molecule has 0 saturated carbocycles. The van der Waals surface area contributed by atoms with Crippen LogP contribution in [0.15, 0.2) is 83.7 Å². The summed E-state index contributed by atoms with van der Waals surface area (Å²) in [5, 5.41) is 0.668. The third-order valence-corrected chi connectivity index (χ3v) is 4.63. The van der Waals surface area contributed by atoms with E-state index in [1.807, 2.05) is 37.3 Å². The van der Waals surface area contributed by atoms with Crippen LogP contribution in [0.5, 0.6) is 0 Å². The molecule has 1 unspecified atom stereocenters. The zero-order valence-electron chi connectivity index (χ0n) is 15.9. The second kappa shape index (κ2) is 10.6. The lowest BCUT2D eigenvalue weighted by Gasteiger charge is -2.28. The minimum absolute atomic E-state index is 0.0548. The van der Waals surface area contributed by atoms with Crippen molar-refractivity contribution in [1.29, 1.82) is 0 Å². The predicted octanol–water partition coefficient (Wildman–Crippen LogP) is 6.28. The minimum atomic E-state index is 0.0548. The Balaban J connectivity index is 2.33. The fourth-order valence-electron chi connectivity index (χ4n) is 2.84. The van der Waals surface area contributed by atoms with E-state index in [0.717, 1.165) is 24.2 Å². The van der Waals surface area contributed by atoms with Crippen molar-refractivity contribution in [2.24, 2.45) is 0 Å². The molecule has 0 fully saturated rings. The largest absolute Gasteiger partial charge is 0.472 e. The van der Waals surface area contributed by atoms with Crippen LogP contribution in [0.4, 0.5) is 5.69 Å². The van der Waals surface area contributed by atoms with Crippen molar-refractivity contribution < 1.29 is 4.42 Å². The van der Waals surface area contributed by atoms with Gasteiger partial charge in [-0.15, -0.1) is 0 Å². The first kappa shape index (κ1) is 20.8. The molecule has 1 atom stereocenters. The topological polar surface area (TPSA) is 42.4 Å². The fraction of sp³-hybridized carbons (Fsp3) is 0.217. The zero-order valence-corrected chi connectivity index (χ0v) is 16.7. The molecule has 2 rings (SSSR count). The van der Waals surface area contributed by atoms with Crippen molar-refractivity contribution in [3.63, 3.8) is 0 Å². The van der Waals surface area contributed by atoms with E-state index in [2.05, 4.69) is 36.6 Å². The average Bonchev–Trinajstić information content (AvgIpc) is 3.20. The van der Waals surface area contributed by atoms with E-state index in [4.69, 9.17) is 21.8 Å². The third-order valence-electron chi connectivity index (χ3n) is 4.39. The summed E-state index contributed by atoms with van der Waals surface area (Å²) < 4.78 is 5.33. The number of allylic oxidation sites excluding steroid dienone is 3. The maximum absolute atomic E-state index is 6.12. The van der Waals surface area contributed by atoms with E-state index in [0.29, 0.717) is 10.7 Å². The zero-order chi connectivity index (χ0) is 19.6.